The molecule has 0 aliphatic heterocycles. The van der Waals surface area contributed by atoms with Gasteiger partial charge in [0.25, 0.3) is 0 Å². The lowest BCUT2D eigenvalue weighted by Gasteiger charge is -2.22. The zero-order valence-corrected chi connectivity index (χ0v) is 11.1. The third-order valence-corrected chi connectivity index (χ3v) is 2.36. The van der Waals surface area contributed by atoms with E-state index in [-0.39, 0.29) is 12.2 Å². The molecule has 0 aliphatic carbocycles. The monoisotopic (exact) mass is 238 g/mol. The largest absolute Gasteiger partial charge is 0.487 e. The highest BCUT2D eigenvalue weighted by molar-refractivity contribution is 5.51. The number of hydrogen-bond acceptors (Lipinski definition) is 4. The maximum atomic E-state index is 9.28. The third-order valence-electron chi connectivity index (χ3n) is 2.36. The van der Waals surface area contributed by atoms with Crippen LogP contribution in [0.4, 0.5) is 5.82 Å². The molecule has 1 unspecified atom stereocenters. The van der Waals surface area contributed by atoms with Gasteiger partial charge in [0, 0.05) is 19.8 Å². The minimum atomic E-state index is -0.296. The maximum Gasteiger partial charge on any atom is 0.171 e. The first kappa shape index (κ1) is 13.8. The van der Waals surface area contributed by atoms with E-state index in [9.17, 15) is 5.11 Å². The molecule has 0 fully saturated rings. The standard InChI is InChI=1S/C13H22N2O2/c1-10(2)17-12-6-5-8-14-13(12)15(4)9-7-11(3)16/h5-6,8,10-11,16H,7,9H2,1-4H3. The summed E-state index contributed by atoms with van der Waals surface area (Å²) < 4.78 is 5.71. The first-order chi connectivity index (χ1) is 8.00. The Morgan fingerprint density at radius 3 is 2.71 bits per heavy atom. The van der Waals surface area contributed by atoms with Crippen molar-refractivity contribution in [2.45, 2.75) is 39.4 Å². The van der Waals surface area contributed by atoms with E-state index in [4.69, 9.17) is 4.74 Å². The van der Waals surface area contributed by atoms with Crippen molar-refractivity contribution in [1.29, 1.82) is 0 Å². The summed E-state index contributed by atoms with van der Waals surface area (Å²) in [7, 11) is 1.96. The molecule has 0 bridgehead atoms. The Hall–Kier alpha value is -1.29. The SMILES string of the molecule is CC(O)CCN(C)c1ncccc1OC(C)C. The molecule has 17 heavy (non-hydrogen) atoms. The smallest absolute Gasteiger partial charge is 0.171 e. The van der Waals surface area contributed by atoms with Crippen LogP contribution >= 0.6 is 0 Å². The Morgan fingerprint density at radius 2 is 2.12 bits per heavy atom. The molecule has 1 N–H and O–H groups in total. The molecule has 0 saturated carbocycles. The number of hydrogen-bond donors (Lipinski definition) is 1. The van der Waals surface area contributed by atoms with Crippen molar-refractivity contribution in [1.82, 2.24) is 4.98 Å². The second-order valence-electron chi connectivity index (χ2n) is 4.55. The van der Waals surface area contributed by atoms with Crippen LogP contribution in [0, 0.1) is 0 Å². The highest BCUT2D eigenvalue weighted by Crippen LogP contribution is 2.25. The molecule has 4 nitrogen and oxygen atoms in total. The molecule has 0 spiro atoms. The number of aliphatic hydroxyl groups excluding tert-OH is 1. The predicted octanol–water partition coefficient (Wildman–Crippen LogP) is 2.08. The van der Waals surface area contributed by atoms with Crippen molar-refractivity contribution in [2.75, 3.05) is 18.5 Å². The van der Waals surface area contributed by atoms with Crippen molar-refractivity contribution < 1.29 is 9.84 Å². The summed E-state index contributed by atoms with van der Waals surface area (Å²) in [6, 6.07) is 3.78. The molecule has 0 aliphatic rings. The summed E-state index contributed by atoms with van der Waals surface area (Å²) in [6.45, 7) is 6.53. The van der Waals surface area contributed by atoms with Crippen LogP contribution in [-0.4, -0.2) is 35.9 Å². The molecule has 1 aromatic rings. The number of nitrogens with zero attached hydrogens (tertiary/aromatic N) is 2. The van der Waals surface area contributed by atoms with Gasteiger partial charge in [-0.2, -0.15) is 0 Å². The van der Waals surface area contributed by atoms with Crippen LogP contribution in [0.5, 0.6) is 5.75 Å². The molecule has 0 aromatic carbocycles. The van der Waals surface area contributed by atoms with E-state index >= 15 is 0 Å². The summed E-state index contributed by atoms with van der Waals surface area (Å²) in [6.07, 6.45) is 2.30. The van der Waals surface area contributed by atoms with Crippen LogP contribution in [-0.2, 0) is 0 Å². The molecule has 1 rings (SSSR count). The summed E-state index contributed by atoms with van der Waals surface area (Å²) >= 11 is 0. The van der Waals surface area contributed by atoms with Gasteiger partial charge in [-0.1, -0.05) is 0 Å². The maximum absolute atomic E-state index is 9.28. The Kier molecular flexibility index (Phi) is 5.22. The number of aliphatic hydroxyl groups is 1. The van der Waals surface area contributed by atoms with Gasteiger partial charge in [0.05, 0.1) is 12.2 Å². The van der Waals surface area contributed by atoms with E-state index in [2.05, 4.69) is 4.98 Å². The molecule has 0 amide bonds. The van der Waals surface area contributed by atoms with Crippen molar-refractivity contribution in [2.24, 2.45) is 0 Å². The average Bonchev–Trinajstić information content (AvgIpc) is 2.25. The van der Waals surface area contributed by atoms with Gasteiger partial charge < -0.3 is 14.7 Å². The van der Waals surface area contributed by atoms with E-state index in [1.54, 1.807) is 13.1 Å². The first-order valence-corrected chi connectivity index (χ1v) is 6.01. The lowest BCUT2D eigenvalue weighted by Crippen LogP contribution is -2.24. The summed E-state index contributed by atoms with van der Waals surface area (Å²) in [5.74, 6) is 1.61. The predicted molar refractivity (Wildman–Crippen MR) is 69.6 cm³/mol. The van der Waals surface area contributed by atoms with Gasteiger partial charge in [0.15, 0.2) is 11.6 Å². The van der Waals surface area contributed by atoms with Crippen LogP contribution in [0.3, 0.4) is 0 Å². The van der Waals surface area contributed by atoms with Gasteiger partial charge in [-0.3, -0.25) is 0 Å². The fraction of sp³-hybridized carbons (Fsp3) is 0.615. The van der Waals surface area contributed by atoms with Crippen molar-refractivity contribution in [3.63, 3.8) is 0 Å². The topological polar surface area (TPSA) is 45.6 Å². The van der Waals surface area contributed by atoms with Crippen molar-refractivity contribution >= 4 is 5.82 Å². The van der Waals surface area contributed by atoms with Gasteiger partial charge in [-0.15, -0.1) is 0 Å². The van der Waals surface area contributed by atoms with Gasteiger partial charge in [-0.25, -0.2) is 4.98 Å². The summed E-state index contributed by atoms with van der Waals surface area (Å²) in [5.41, 5.74) is 0. The second-order valence-corrected chi connectivity index (χ2v) is 4.55. The molecular formula is C13H22N2O2. The van der Waals surface area contributed by atoms with Crippen LogP contribution in [0.25, 0.3) is 0 Å². The van der Waals surface area contributed by atoms with Gasteiger partial charge in [0.2, 0.25) is 0 Å². The minimum absolute atomic E-state index is 0.128. The van der Waals surface area contributed by atoms with Gasteiger partial charge >= 0.3 is 0 Å². The zero-order valence-electron chi connectivity index (χ0n) is 11.1. The highest BCUT2D eigenvalue weighted by Gasteiger charge is 2.11. The fourth-order valence-electron chi connectivity index (χ4n) is 1.50. The van der Waals surface area contributed by atoms with E-state index in [0.29, 0.717) is 6.42 Å². The van der Waals surface area contributed by atoms with E-state index < -0.39 is 0 Å². The van der Waals surface area contributed by atoms with E-state index in [1.807, 2.05) is 37.9 Å². The molecule has 0 saturated heterocycles. The van der Waals surface area contributed by atoms with Gasteiger partial charge in [0.1, 0.15) is 0 Å². The minimum Gasteiger partial charge on any atom is -0.487 e. The molecule has 4 heteroatoms. The van der Waals surface area contributed by atoms with Crippen LogP contribution in [0.2, 0.25) is 0 Å². The lowest BCUT2D eigenvalue weighted by molar-refractivity contribution is 0.186. The number of aromatic nitrogens is 1. The molecule has 96 valence electrons. The van der Waals surface area contributed by atoms with Crippen LogP contribution < -0.4 is 9.64 Å². The summed E-state index contributed by atoms with van der Waals surface area (Å²) in [4.78, 5) is 6.33. The van der Waals surface area contributed by atoms with E-state index in [0.717, 1.165) is 18.1 Å². The Bertz CT molecular complexity index is 340. The van der Waals surface area contributed by atoms with Crippen LogP contribution in [0.15, 0.2) is 18.3 Å². The third kappa shape index (κ3) is 4.61. The lowest BCUT2D eigenvalue weighted by atomic mass is 10.2. The molecule has 1 aromatic heterocycles. The Morgan fingerprint density at radius 1 is 1.41 bits per heavy atom. The van der Waals surface area contributed by atoms with Gasteiger partial charge in [-0.05, 0) is 39.3 Å². The Balaban J connectivity index is 2.74. The van der Waals surface area contributed by atoms with Crippen molar-refractivity contribution in [3.8, 4) is 5.75 Å². The Labute approximate surface area is 103 Å². The molecular weight excluding hydrogens is 216 g/mol. The highest BCUT2D eigenvalue weighted by atomic mass is 16.5. The quantitative estimate of drug-likeness (QED) is 0.824. The number of rotatable bonds is 6. The molecule has 1 heterocycles. The van der Waals surface area contributed by atoms with Crippen molar-refractivity contribution in [3.05, 3.63) is 18.3 Å². The summed E-state index contributed by atoms with van der Waals surface area (Å²) in [5, 5.41) is 9.28. The average molecular weight is 238 g/mol. The fourth-order valence-corrected chi connectivity index (χ4v) is 1.50. The normalized spacial score (nSPS) is 12.6. The number of pyridine rings is 1. The molecule has 0 radical (unpaired) electrons. The zero-order chi connectivity index (χ0) is 12.8. The van der Waals surface area contributed by atoms with Crippen LogP contribution in [0.1, 0.15) is 27.2 Å². The second kappa shape index (κ2) is 6.45. The molecule has 1 atom stereocenters. The van der Waals surface area contributed by atoms with E-state index in [1.165, 1.54) is 0 Å². The first-order valence-electron chi connectivity index (χ1n) is 6.01. The number of ether oxygens (including phenoxy) is 1. The number of anilines is 1.